The number of aromatic nitrogens is 1. The highest BCUT2D eigenvalue weighted by Crippen LogP contribution is 2.18. The largest absolute Gasteiger partial charge is 0.462 e. The monoisotopic (exact) mass is 279 g/mol. The molecule has 1 aromatic heterocycles. The molecule has 0 bridgehead atoms. The number of hydrogen-bond acceptors (Lipinski definition) is 3. The maximum atomic E-state index is 11.5. The quantitative estimate of drug-likeness (QED) is 0.793. The van der Waals surface area contributed by atoms with Gasteiger partial charge in [0.1, 0.15) is 0 Å². The van der Waals surface area contributed by atoms with Gasteiger partial charge in [-0.2, -0.15) is 0 Å². The summed E-state index contributed by atoms with van der Waals surface area (Å²) in [5, 5.41) is 0.988. The van der Waals surface area contributed by atoms with Gasteiger partial charge >= 0.3 is 5.97 Å². The van der Waals surface area contributed by atoms with E-state index in [1.807, 2.05) is 12.1 Å². The maximum absolute atomic E-state index is 11.5. The Morgan fingerprint density at radius 3 is 3.00 bits per heavy atom. The highest BCUT2D eigenvalue weighted by molar-refractivity contribution is 9.10. The molecule has 0 aliphatic carbocycles. The van der Waals surface area contributed by atoms with E-state index in [-0.39, 0.29) is 5.97 Å². The summed E-state index contributed by atoms with van der Waals surface area (Å²) >= 11 is 3.35. The molecule has 0 fully saturated rings. The van der Waals surface area contributed by atoms with Gasteiger partial charge in [-0.1, -0.05) is 6.07 Å². The van der Waals surface area contributed by atoms with Crippen LogP contribution in [0.15, 0.2) is 34.9 Å². The Hall–Kier alpha value is -1.42. The van der Waals surface area contributed by atoms with Crippen LogP contribution in [0.1, 0.15) is 17.3 Å². The summed E-state index contributed by atoms with van der Waals surface area (Å²) in [5.74, 6) is -0.311. The standard InChI is InChI=1S/C12H10BrNO2/c1-2-16-12(15)9-4-3-8-5-10(13)7-14-11(8)6-9/h3-7H,2H2,1H3. The molecule has 16 heavy (non-hydrogen) atoms. The van der Waals surface area contributed by atoms with E-state index in [0.29, 0.717) is 12.2 Å². The van der Waals surface area contributed by atoms with Gasteiger partial charge in [0, 0.05) is 16.1 Å². The van der Waals surface area contributed by atoms with Crippen LogP contribution in [0.4, 0.5) is 0 Å². The number of rotatable bonds is 2. The van der Waals surface area contributed by atoms with Gasteiger partial charge in [0.05, 0.1) is 17.7 Å². The Morgan fingerprint density at radius 2 is 2.25 bits per heavy atom. The van der Waals surface area contributed by atoms with E-state index >= 15 is 0 Å². The first-order valence-electron chi connectivity index (χ1n) is 4.93. The normalized spacial score (nSPS) is 10.4. The fraction of sp³-hybridized carbons (Fsp3) is 0.167. The zero-order chi connectivity index (χ0) is 11.5. The molecule has 2 aromatic rings. The van der Waals surface area contributed by atoms with E-state index in [4.69, 9.17) is 4.74 Å². The summed E-state index contributed by atoms with van der Waals surface area (Å²) in [7, 11) is 0. The highest BCUT2D eigenvalue weighted by Gasteiger charge is 2.07. The number of nitrogens with zero attached hydrogens (tertiary/aromatic N) is 1. The molecule has 0 atom stereocenters. The number of fused-ring (bicyclic) bond motifs is 1. The molecule has 0 amide bonds. The van der Waals surface area contributed by atoms with Crippen molar-refractivity contribution in [3.05, 3.63) is 40.5 Å². The van der Waals surface area contributed by atoms with Gasteiger partial charge in [-0.3, -0.25) is 4.98 Å². The first-order valence-corrected chi connectivity index (χ1v) is 5.72. The van der Waals surface area contributed by atoms with Gasteiger partial charge in [-0.25, -0.2) is 4.79 Å². The molecular formula is C12H10BrNO2. The average molecular weight is 280 g/mol. The molecule has 0 saturated heterocycles. The average Bonchev–Trinajstić information content (AvgIpc) is 2.28. The van der Waals surface area contributed by atoms with Gasteiger partial charge in [-0.15, -0.1) is 0 Å². The Morgan fingerprint density at radius 1 is 1.44 bits per heavy atom. The van der Waals surface area contributed by atoms with E-state index in [9.17, 15) is 4.79 Å². The van der Waals surface area contributed by atoms with Gasteiger partial charge in [0.2, 0.25) is 0 Å². The van der Waals surface area contributed by atoms with Crippen molar-refractivity contribution in [1.29, 1.82) is 0 Å². The molecule has 0 unspecified atom stereocenters. The first kappa shape index (κ1) is 11.1. The van der Waals surface area contributed by atoms with Crippen molar-refractivity contribution in [3.63, 3.8) is 0 Å². The Labute approximate surface area is 102 Å². The van der Waals surface area contributed by atoms with Crippen LogP contribution in [-0.2, 0) is 4.74 Å². The summed E-state index contributed by atoms with van der Waals surface area (Å²) < 4.78 is 5.84. The smallest absolute Gasteiger partial charge is 0.338 e. The van der Waals surface area contributed by atoms with Crippen molar-refractivity contribution in [1.82, 2.24) is 4.98 Å². The topological polar surface area (TPSA) is 39.2 Å². The number of pyridine rings is 1. The van der Waals surface area contributed by atoms with Gasteiger partial charge in [0.25, 0.3) is 0 Å². The van der Waals surface area contributed by atoms with Crippen molar-refractivity contribution in [2.45, 2.75) is 6.92 Å². The second-order valence-electron chi connectivity index (χ2n) is 3.28. The number of carbonyl (C=O) groups is 1. The number of carbonyl (C=O) groups excluding carboxylic acids is 1. The van der Waals surface area contributed by atoms with Crippen LogP contribution in [-0.4, -0.2) is 17.6 Å². The molecule has 82 valence electrons. The molecule has 0 spiro atoms. The number of hydrogen-bond donors (Lipinski definition) is 0. The maximum Gasteiger partial charge on any atom is 0.338 e. The van der Waals surface area contributed by atoms with Crippen molar-refractivity contribution < 1.29 is 9.53 Å². The van der Waals surface area contributed by atoms with Crippen LogP contribution in [0.2, 0.25) is 0 Å². The minimum absolute atomic E-state index is 0.311. The lowest BCUT2D eigenvalue weighted by atomic mass is 10.1. The van der Waals surface area contributed by atoms with Crippen molar-refractivity contribution in [3.8, 4) is 0 Å². The molecule has 2 rings (SSSR count). The fourth-order valence-corrected chi connectivity index (χ4v) is 1.78. The molecule has 0 saturated carbocycles. The van der Waals surface area contributed by atoms with E-state index in [2.05, 4.69) is 20.9 Å². The van der Waals surface area contributed by atoms with Crippen LogP contribution in [0, 0.1) is 0 Å². The van der Waals surface area contributed by atoms with Crippen LogP contribution in [0.5, 0.6) is 0 Å². The van der Waals surface area contributed by atoms with E-state index in [1.165, 1.54) is 0 Å². The van der Waals surface area contributed by atoms with E-state index in [0.717, 1.165) is 15.4 Å². The summed E-state index contributed by atoms with van der Waals surface area (Å²) in [6.07, 6.45) is 1.71. The Balaban J connectivity index is 2.44. The Bertz CT molecular complexity index is 540. The minimum Gasteiger partial charge on any atom is -0.462 e. The third-order valence-corrected chi connectivity index (χ3v) is 2.60. The number of esters is 1. The summed E-state index contributed by atoms with van der Waals surface area (Å²) in [4.78, 5) is 15.7. The molecular weight excluding hydrogens is 270 g/mol. The van der Waals surface area contributed by atoms with E-state index in [1.54, 1.807) is 25.3 Å². The highest BCUT2D eigenvalue weighted by atomic mass is 79.9. The molecule has 0 aliphatic rings. The molecule has 3 nitrogen and oxygen atoms in total. The second kappa shape index (κ2) is 4.61. The van der Waals surface area contributed by atoms with Gasteiger partial charge < -0.3 is 4.74 Å². The molecule has 4 heteroatoms. The third kappa shape index (κ3) is 2.22. The molecule has 0 N–H and O–H groups in total. The number of benzene rings is 1. The van der Waals surface area contributed by atoms with Gasteiger partial charge in [0.15, 0.2) is 0 Å². The van der Waals surface area contributed by atoms with Crippen molar-refractivity contribution in [2.75, 3.05) is 6.61 Å². The predicted octanol–water partition coefficient (Wildman–Crippen LogP) is 3.17. The van der Waals surface area contributed by atoms with Crippen LogP contribution in [0.25, 0.3) is 10.9 Å². The molecule has 1 aromatic carbocycles. The zero-order valence-electron chi connectivity index (χ0n) is 8.74. The number of ether oxygens (including phenoxy) is 1. The molecule has 0 radical (unpaired) electrons. The van der Waals surface area contributed by atoms with Crippen molar-refractivity contribution in [2.24, 2.45) is 0 Å². The predicted molar refractivity (Wildman–Crippen MR) is 65.4 cm³/mol. The minimum atomic E-state index is -0.311. The lowest BCUT2D eigenvalue weighted by Gasteiger charge is -2.03. The summed E-state index contributed by atoms with van der Waals surface area (Å²) in [6, 6.07) is 7.30. The third-order valence-electron chi connectivity index (χ3n) is 2.16. The molecule has 1 heterocycles. The van der Waals surface area contributed by atoms with Crippen LogP contribution < -0.4 is 0 Å². The number of halogens is 1. The SMILES string of the molecule is CCOC(=O)c1ccc2cc(Br)cnc2c1. The van der Waals surface area contributed by atoms with E-state index < -0.39 is 0 Å². The summed E-state index contributed by atoms with van der Waals surface area (Å²) in [6.45, 7) is 2.17. The van der Waals surface area contributed by atoms with Crippen LogP contribution in [0.3, 0.4) is 0 Å². The fourth-order valence-electron chi connectivity index (χ4n) is 1.44. The lowest BCUT2D eigenvalue weighted by Crippen LogP contribution is -2.04. The van der Waals surface area contributed by atoms with Crippen molar-refractivity contribution >= 4 is 32.8 Å². The lowest BCUT2D eigenvalue weighted by molar-refractivity contribution is 0.0526. The second-order valence-corrected chi connectivity index (χ2v) is 4.20. The Kier molecular flexibility index (Phi) is 3.19. The van der Waals surface area contributed by atoms with Crippen LogP contribution >= 0.6 is 15.9 Å². The van der Waals surface area contributed by atoms with Gasteiger partial charge in [-0.05, 0) is 41.1 Å². The first-order chi connectivity index (χ1) is 7.70. The summed E-state index contributed by atoms with van der Waals surface area (Å²) in [5.41, 5.74) is 1.32. The zero-order valence-corrected chi connectivity index (χ0v) is 10.3. The molecule has 0 aliphatic heterocycles.